The van der Waals surface area contributed by atoms with E-state index in [-0.39, 0.29) is 17.9 Å². The Morgan fingerprint density at radius 3 is 2.61 bits per heavy atom. The van der Waals surface area contributed by atoms with Crippen LogP contribution >= 0.6 is 0 Å². The lowest BCUT2D eigenvalue weighted by molar-refractivity contribution is -0.127. The molecule has 0 spiro atoms. The number of carbonyl (C=O) groups excluding carboxylic acids is 1. The van der Waals surface area contributed by atoms with Crippen molar-refractivity contribution >= 4 is 5.91 Å². The van der Waals surface area contributed by atoms with Gasteiger partial charge < -0.3 is 10.1 Å². The standard InChI is InChI=1S/C19H26N2O2/c1-4-12-21-13-10-17(11-14-21)19(22)20-15(3)16-6-8-18(9-7-16)23-5-2/h1,6-9,15,17H,5,10-14H2,2-3H3,(H,20,22). The summed E-state index contributed by atoms with van der Waals surface area (Å²) in [5, 5.41) is 3.13. The highest BCUT2D eigenvalue weighted by molar-refractivity contribution is 5.79. The maximum atomic E-state index is 12.4. The van der Waals surface area contributed by atoms with Crippen molar-refractivity contribution in [3.05, 3.63) is 29.8 Å². The van der Waals surface area contributed by atoms with E-state index < -0.39 is 0 Å². The first kappa shape index (κ1) is 17.4. The van der Waals surface area contributed by atoms with Crippen LogP contribution in [0.5, 0.6) is 5.75 Å². The molecular weight excluding hydrogens is 288 g/mol. The fraction of sp³-hybridized carbons (Fsp3) is 0.526. The third kappa shape index (κ3) is 5.01. The molecule has 1 aromatic carbocycles. The molecule has 4 heteroatoms. The quantitative estimate of drug-likeness (QED) is 0.821. The van der Waals surface area contributed by atoms with E-state index in [0.29, 0.717) is 13.2 Å². The third-order valence-corrected chi connectivity index (χ3v) is 4.32. The number of ether oxygens (including phenoxy) is 1. The first-order valence-corrected chi connectivity index (χ1v) is 8.33. The number of benzene rings is 1. The summed E-state index contributed by atoms with van der Waals surface area (Å²) in [6, 6.07) is 7.90. The van der Waals surface area contributed by atoms with E-state index in [1.54, 1.807) is 0 Å². The van der Waals surface area contributed by atoms with Crippen LogP contribution in [0.2, 0.25) is 0 Å². The Kier molecular flexibility index (Phi) is 6.49. The second kappa shape index (κ2) is 8.59. The van der Waals surface area contributed by atoms with Crippen molar-refractivity contribution in [2.75, 3.05) is 26.2 Å². The summed E-state index contributed by atoms with van der Waals surface area (Å²) in [7, 11) is 0. The highest BCUT2D eigenvalue weighted by atomic mass is 16.5. The monoisotopic (exact) mass is 314 g/mol. The Labute approximate surface area is 139 Å². The first-order chi connectivity index (χ1) is 11.1. The van der Waals surface area contributed by atoms with E-state index in [0.717, 1.165) is 37.2 Å². The molecular formula is C19H26N2O2. The topological polar surface area (TPSA) is 41.6 Å². The molecule has 0 bridgehead atoms. The molecule has 0 aromatic heterocycles. The van der Waals surface area contributed by atoms with Crippen LogP contribution in [0.15, 0.2) is 24.3 Å². The van der Waals surface area contributed by atoms with Crippen LogP contribution in [0.25, 0.3) is 0 Å². The van der Waals surface area contributed by atoms with Gasteiger partial charge in [0.15, 0.2) is 0 Å². The number of amides is 1. The van der Waals surface area contributed by atoms with Crippen molar-refractivity contribution in [1.82, 2.24) is 10.2 Å². The molecule has 0 radical (unpaired) electrons. The fourth-order valence-electron chi connectivity index (χ4n) is 2.92. The van der Waals surface area contributed by atoms with E-state index in [9.17, 15) is 4.79 Å². The Hall–Kier alpha value is -1.99. The van der Waals surface area contributed by atoms with Crippen LogP contribution in [0.1, 0.15) is 38.3 Å². The lowest BCUT2D eigenvalue weighted by Gasteiger charge is -2.30. The van der Waals surface area contributed by atoms with Crippen molar-refractivity contribution in [3.63, 3.8) is 0 Å². The predicted molar refractivity (Wildman–Crippen MR) is 92.2 cm³/mol. The smallest absolute Gasteiger partial charge is 0.223 e. The van der Waals surface area contributed by atoms with Gasteiger partial charge >= 0.3 is 0 Å². The minimum absolute atomic E-state index is 0.00177. The maximum Gasteiger partial charge on any atom is 0.223 e. The molecule has 4 nitrogen and oxygen atoms in total. The van der Waals surface area contributed by atoms with Gasteiger partial charge in [0.2, 0.25) is 5.91 Å². The Bertz CT molecular complexity index is 539. The molecule has 1 fully saturated rings. The molecule has 124 valence electrons. The average Bonchev–Trinajstić information content (AvgIpc) is 2.56. The van der Waals surface area contributed by atoms with E-state index >= 15 is 0 Å². The maximum absolute atomic E-state index is 12.4. The highest BCUT2D eigenvalue weighted by Gasteiger charge is 2.25. The van der Waals surface area contributed by atoms with Gasteiger partial charge in [0.05, 0.1) is 19.2 Å². The van der Waals surface area contributed by atoms with E-state index in [1.807, 2.05) is 38.1 Å². The molecule has 1 unspecified atom stereocenters. The molecule has 1 aliphatic rings. The van der Waals surface area contributed by atoms with E-state index in [2.05, 4.69) is 16.1 Å². The predicted octanol–water partition coefficient (Wildman–Crippen LogP) is 2.61. The SMILES string of the molecule is C#CCN1CCC(C(=O)NC(C)c2ccc(OCC)cc2)CC1. The van der Waals surface area contributed by atoms with Crippen LogP contribution in [0.3, 0.4) is 0 Å². The number of likely N-dealkylation sites (tertiary alicyclic amines) is 1. The zero-order valence-corrected chi connectivity index (χ0v) is 14.0. The average molecular weight is 314 g/mol. The number of nitrogens with zero attached hydrogens (tertiary/aromatic N) is 1. The van der Waals surface area contributed by atoms with Gasteiger partial charge in [-0.05, 0) is 57.5 Å². The van der Waals surface area contributed by atoms with Gasteiger partial charge in [-0.25, -0.2) is 0 Å². The molecule has 1 heterocycles. The van der Waals surface area contributed by atoms with Crippen LogP contribution < -0.4 is 10.1 Å². The van der Waals surface area contributed by atoms with Gasteiger partial charge in [-0.15, -0.1) is 6.42 Å². The summed E-state index contributed by atoms with van der Waals surface area (Å²) >= 11 is 0. The molecule has 1 amide bonds. The summed E-state index contributed by atoms with van der Waals surface area (Å²) in [6.45, 7) is 7.12. The first-order valence-electron chi connectivity index (χ1n) is 8.33. The lowest BCUT2D eigenvalue weighted by Crippen LogP contribution is -2.41. The highest BCUT2D eigenvalue weighted by Crippen LogP contribution is 2.21. The third-order valence-electron chi connectivity index (χ3n) is 4.32. The lowest BCUT2D eigenvalue weighted by atomic mass is 9.95. The van der Waals surface area contributed by atoms with Gasteiger partial charge in [0, 0.05) is 5.92 Å². The number of rotatable bonds is 6. The molecule has 0 aliphatic carbocycles. The van der Waals surface area contributed by atoms with Gasteiger partial charge in [-0.2, -0.15) is 0 Å². The van der Waals surface area contributed by atoms with E-state index in [1.165, 1.54) is 0 Å². The molecule has 0 saturated carbocycles. The molecule has 1 atom stereocenters. The van der Waals surface area contributed by atoms with Crippen LogP contribution in [-0.4, -0.2) is 37.0 Å². The van der Waals surface area contributed by atoms with Gasteiger partial charge in [0.25, 0.3) is 0 Å². The molecule has 1 saturated heterocycles. The summed E-state index contributed by atoms with van der Waals surface area (Å²) in [6.07, 6.45) is 7.09. The minimum Gasteiger partial charge on any atom is -0.494 e. The van der Waals surface area contributed by atoms with Crippen molar-refractivity contribution in [3.8, 4) is 18.1 Å². The van der Waals surface area contributed by atoms with Crippen LogP contribution in [-0.2, 0) is 4.79 Å². The molecule has 1 aromatic rings. The van der Waals surface area contributed by atoms with Crippen LogP contribution in [0.4, 0.5) is 0 Å². The number of nitrogens with one attached hydrogen (secondary N) is 1. The second-order valence-corrected chi connectivity index (χ2v) is 5.99. The number of hydrogen-bond donors (Lipinski definition) is 1. The van der Waals surface area contributed by atoms with Crippen molar-refractivity contribution in [2.24, 2.45) is 5.92 Å². The Balaban J connectivity index is 1.84. The minimum atomic E-state index is 0.00177. The Morgan fingerprint density at radius 2 is 2.04 bits per heavy atom. The molecule has 23 heavy (non-hydrogen) atoms. The van der Waals surface area contributed by atoms with Gasteiger partial charge in [-0.3, -0.25) is 9.69 Å². The number of carbonyl (C=O) groups is 1. The zero-order chi connectivity index (χ0) is 16.7. The van der Waals surface area contributed by atoms with Crippen molar-refractivity contribution in [1.29, 1.82) is 0 Å². The zero-order valence-electron chi connectivity index (χ0n) is 14.0. The summed E-state index contributed by atoms with van der Waals surface area (Å²) in [4.78, 5) is 14.6. The second-order valence-electron chi connectivity index (χ2n) is 5.99. The largest absolute Gasteiger partial charge is 0.494 e. The Morgan fingerprint density at radius 1 is 1.39 bits per heavy atom. The van der Waals surface area contributed by atoms with Crippen molar-refractivity contribution < 1.29 is 9.53 Å². The van der Waals surface area contributed by atoms with Gasteiger partial charge in [-0.1, -0.05) is 18.1 Å². The van der Waals surface area contributed by atoms with Crippen molar-refractivity contribution in [2.45, 2.75) is 32.7 Å². The normalized spacial score (nSPS) is 17.3. The molecule has 1 N–H and O–H groups in total. The number of hydrogen-bond acceptors (Lipinski definition) is 3. The van der Waals surface area contributed by atoms with Crippen LogP contribution in [0, 0.1) is 18.3 Å². The fourth-order valence-corrected chi connectivity index (χ4v) is 2.92. The van der Waals surface area contributed by atoms with Gasteiger partial charge in [0.1, 0.15) is 5.75 Å². The molecule has 1 aliphatic heterocycles. The summed E-state index contributed by atoms with van der Waals surface area (Å²) < 4.78 is 5.44. The molecule has 2 rings (SSSR count). The number of terminal acetylenes is 1. The number of piperidine rings is 1. The summed E-state index contributed by atoms with van der Waals surface area (Å²) in [5.74, 6) is 3.76. The van der Waals surface area contributed by atoms with E-state index in [4.69, 9.17) is 11.2 Å². The summed E-state index contributed by atoms with van der Waals surface area (Å²) in [5.41, 5.74) is 1.09.